The fraction of sp³-hybridized carbons (Fsp3) is 0.667. The second-order valence-corrected chi connectivity index (χ2v) is 8.44. The molecule has 6 heteroatoms. The van der Waals surface area contributed by atoms with E-state index in [2.05, 4.69) is 24.0 Å². The van der Waals surface area contributed by atoms with Gasteiger partial charge in [-0.15, -0.1) is 0 Å². The first-order valence-electron chi connectivity index (χ1n) is 10.3. The number of amides is 1. The van der Waals surface area contributed by atoms with Crippen LogP contribution in [0.4, 0.5) is 0 Å². The predicted molar refractivity (Wildman–Crippen MR) is 107 cm³/mol. The molecule has 2 aromatic rings. The monoisotopic (exact) mass is 369 g/mol. The molecule has 2 aromatic heterocycles. The van der Waals surface area contributed by atoms with E-state index in [0.29, 0.717) is 11.8 Å². The van der Waals surface area contributed by atoms with E-state index in [9.17, 15) is 4.79 Å². The van der Waals surface area contributed by atoms with E-state index < -0.39 is 0 Å². The zero-order chi connectivity index (χ0) is 19.1. The lowest BCUT2D eigenvalue weighted by molar-refractivity contribution is 0.0786. The van der Waals surface area contributed by atoms with Gasteiger partial charge in [0.2, 0.25) is 0 Å². The molecule has 1 atom stereocenters. The third kappa shape index (κ3) is 3.59. The molecule has 1 amide bonds. The Bertz CT molecular complexity index is 854. The smallest absolute Gasteiger partial charge is 0.254 e. The number of nitrogens with zero attached hydrogens (tertiary/aromatic N) is 5. The zero-order valence-electron chi connectivity index (χ0n) is 17.0. The van der Waals surface area contributed by atoms with Gasteiger partial charge in [0.25, 0.3) is 5.91 Å². The van der Waals surface area contributed by atoms with E-state index in [1.807, 2.05) is 29.6 Å². The Morgan fingerprint density at radius 3 is 2.81 bits per heavy atom. The first-order chi connectivity index (χ1) is 13.0. The molecule has 27 heavy (non-hydrogen) atoms. The average Bonchev–Trinajstić information content (AvgIpc) is 3.32. The SMILES string of the molecule is CCCN(C)CC1CCN(C(=O)c2cc(C3CC3)nc3c2c(C)nn3C)C1. The summed E-state index contributed by atoms with van der Waals surface area (Å²) in [5.74, 6) is 1.24. The minimum absolute atomic E-state index is 0.154. The van der Waals surface area contributed by atoms with Gasteiger partial charge in [0.05, 0.1) is 16.6 Å². The molecule has 0 N–H and O–H groups in total. The average molecular weight is 370 g/mol. The molecule has 2 fully saturated rings. The molecular weight excluding hydrogens is 338 g/mol. The maximum absolute atomic E-state index is 13.4. The summed E-state index contributed by atoms with van der Waals surface area (Å²) in [7, 11) is 4.10. The van der Waals surface area contributed by atoms with Crippen molar-refractivity contribution in [3.05, 3.63) is 23.0 Å². The van der Waals surface area contributed by atoms with Crippen molar-refractivity contribution in [2.24, 2.45) is 13.0 Å². The number of carbonyl (C=O) groups excluding carboxylic acids is 1. The highest BCUT2D eigenvalue weighted by atomic mass is 16.2. The number of carbonyl (C=O) groups is 1. The Kier molecular flexibility index (Phi) is 4.93. The minimum Gasteiger partial charge on any atom is -0.338 e. The summed E-state index contributed by atoms with van der Waals surface area (Å²) in [6.45, 7) is 8.09. The Morgan fingerprint density at radius 2 is 2.11 bits per heavy atom. The fourth-order valence-corrected chi connectivity index (χ4v) is 4.47. The van der Waals surface area contributed by atoms with E-state index in [-0.39, 0.29) is 5.91 Å². The van der Waals surface area contributed by atoms with Crippen LogP contribution in [0.2, 0.25) is 0 Å². The number of aromatic nitrogens is 3. The molecule has 3 heterocycles. The summed E-state index contributed by atoms with van der Waals surface area (Å²) >= 11 is 0. The van der Waals surface area contributed by atoms with Gasteiger partial charge in [0, 0.05) is 38.3 Å². The second-order valence-electron chi connectivity index (χ2n) is 8.44. The van der Waals surface area contributed by atoms with Gasteiger partial charge in [-0.3, -0.25) is 9.48 Å². The molecule has 0 bridgehead atoms. The van der Waals surface area contributed by atoms with Gasteiger partial charge in [-0.1, -0.05) is 6.92 Å². The lowest BCUT2D eigenvalue weighted by atomic mass is 10.1. The van der Waals surface area contributed by atoms with Crippen LogP contribution in [0, 0.1) is 12.8 Å². The van der Waals surface area contributed by atoms with Crippen molar-refractivity contribution in [1.82, 2.24) is 24.6 Å². The highest BCUT2D eigenvalue weighted by Gasteiger charge is 2.32. The number of pyridine rings is 1. The Morgan fingerprint density at radius 1 is 1.33 bits per heavy atom. The van der Waals surface area contributed by atoms with Gasteiger partial charge in [-0.05, 0) is 58.2 Å². The van der Waals surface area contributed by atoms with Gasteiger partial charge in [0.1, 0.15) is 0 Å². The van der Waals surface area contributed by atoms with E-state index >= 15 is 0 Å². The van der Waals surface area contributed by atoms with Gasteiger partial charge in [-0.2, -0.15) is 5.10 Å². The highest BCUT2D eigenvalue weighted by molar-refractivity contribution is 6.06. The number of likely N-dealkylation sites (tertiary alicyclic amines) is 1. The van der Waals surface area contributed by atoms with Crippen LogP contribution < -0.4 is 0 Å². The van der Waals surface area contributed by atoms with E-state index in [0.717, 1.165) is 60.6 Å². The van der Waals surface area contributed by atoms with Gasteiger partial charge in [-0.25, -0.2) is 4.98 Å². The first-order valence-corrected chi connectivity index (χ1v) is 10.3. The maximum atomic E-state index is 13.4. The third-order valence-electron chi connectivity index (χ3n) is 5.96. The van der Waals surface area contributed by atoms with Crippen LogP contribution >= 0.6 is 0 Å². The van der Waals surface area contributed by atoms with Crippen molar-refractivity contribution in [2.75, 3.05) is 33.2 Å². The molecule has 0 spiro atoms. The zero-order valence-corrected chi connectivity index (χ0v) is 17.0. The van der Waals surface area contributed by atoms with E-state index in [4.69, 9.17) is 4.98 Å². The van der Waals surface area contributed by atoms with Crippen molar-refractivity contribution in [3.8, 4) is 0 Å². The lowest BCUT2D eigenvalue weighted by Gasteiger charge is -2.21. The van der Waals surface area contributed by atoms with Crippen molar-refractivity contribution in [3.63, 3.8) is 0 Å². The van der Waals surface area contributed by atoms with Crippen molar-refractivity contribution >= 4 is 16.9 Å². The molecule has 6 nitrogen and oxygen atoms in total. The number of hydrogen-bond acceptors (Lipinski definition) is 4. The molecule has 1 saturated carbocycles. The van der Waals surface area contributed by atoms with Gasteiger partial charge in [0.15, 0.2) is 5.65 Å². The number of hydrogen-bond donors (Lipinski definition) is 0. The number of rotatable bonds is 6. The van der Waals surface area contributed by atoms with Crippen molar-refractivity contribution < 1.29 is 4.79 Å². The number of fused-ring (bicyclic) bond motifs is 1. The van der Waals surface area contributed by atoms with Crippen molar-refractivity contribution in [2.45, 2.75) is 45.4 Å². The number of aryl methyl sites for hydroxylation is 2. The maximum Gasteiger partial charge on any atom is 0.254 e. The normalized spacial score (nSPS) is 20.2. The summed E-state index contributed by atoms with van der Waals surface area (Å²) in [5, 5.41) is 5.46. The van der Waals surface area contributed by atoms with Gasteiger partial charge < -0.3 is 9.80 Å². The molecule has 1 aliphatic carbocycles. The largest absolute Gasteiger partial charge is 0.338 e. The van der Waals surface area contributed by atoms with Crippen LogP contribution in [0.1, 0.15) is 60.3 Å². The Labute approximate surface area is 161 Å². The summed E-state index contributed by atoms with van der Waals surface area (Å²) in [5.41, 5.74) is 3.60. The van der Waals surface area contributed by atoms with Crippen LogP contribution in [0.5, 0.6) is 0 Å². The Hall–Kier alpha value is -1.95. The van der Waals surface area contributed by atoms with Gasteiger partial charge >= 0.3 is 0 Å². The fourth-order valence-electron chi connectivity index (χ4n) is 4.47. The topological polar surface area (TPSA) is 54.3 Å². The molecule has 1 saturated heterocycles. The molecule has 0 aromatic carbocycles. The van der Waals surface area contributed by atoms with Crippen LogP contribution in [0.25, 0.3) is 11.0 Å². The van der Waals surface area contributed by atoms with Crippen molar-refractivity contribution in [1.29, 1.82) is 0 Å². The molecule has 1 unspecified atom stereocenters. The minimum atomic E-state index is 0.154. The second kappa shape index (κ2) is 7.23. The standard InChI is InChI=1S/C21H31N5O/c1-5-9-24(3)12-15-8-10-26(13-15)21(27)17-11-18(16-6-7-16)22-20-19(17)14(2)23-25(20)4/h11,15-16H,5-10,12-13H2,1-4H3. The first kappa shape index (κ1) is 18.4. The third-order valence-corrected chi connectivity index (χ3v) is 5.96. The van der Waals surface area contributed by atoms with Crippen LogP contribution in [0.15, 0.2) is 6.07 Å². The Balaban J connectivity index is 1.59. The summed E-state index contributed by atoms with van der Waals surface area (Å²) in [4.78, 5) is 22.7. The summed E-state index contributed by atoms with van der Waals surface area (Å²) < 4.78 is 1.82. The predicted octanol–water partition coefficient (Wildman–Crippen LogP) is 2.96. The van der Waals surface area contributed by atoms with E-state index in [1.165, 1.54) is 19.3 Å². The molecule has 0 radical (unpaired) electrons. The molecule has 4 rings (SSSR count). The molecule has 146 valence electrons. The summed E-state index contributed by atoms with van der Waals surface area (Å²) in [6, 6.07) is 2.05. The molecular formula is C21H31N5O. The highest BCUT2D eigenvalue weighted by Crippen LogP contribution is 2.40. The van der Waals surface area contributed by atoms with Crippen LogP contribution in [-0.2, 0) is 7.05 Å². The molecule has 1 aliphatic heterocycles. The van der Waals surface area contributed by atoms with Crippen LogP contribution in [0.3, 0.4) is 0 Å². The van der Waals surface area contributed by atoms with E-state index in [1.54, 1.807) is 0 Å². The lowest BCUT2D eigenvalue weighted by Crippen LogP contribution is -2.32. The quantitative estimate of drug-likeness (QED) is 0.786. The summed E-state index contributed by atoms with van der Waals surface area (Å²) in [6.07, 6.45) is 4.62. The molecule has 2 aliphatic rings. The van der Waals surface area contributed by atoms with Crippen LogP contribution in [-0.4, -0.2) is 63.7 Å².